The van der Waals surface area contributed by atoms with Crippen molar-refractivity contribution in [1.29, 1.82) is 0 Å². The number of phenolic OH excluding ortho intramolecular Hbond substituents is 1. The Labute approximate surface area is 108 Å². The molecule has 0 aliphatic heterocycles. The molecule has 2 rings (SSSR count). The molecule has 0 amide bonds. The van der Waals surface area contributed by atoms with E-state index >= 15 is 0 Å². The average Bonchev–Trinajstić information content (AvgIpc) is 2.25. The molecule has 1 radical (unpaired) electrons. The van der Waals surface area contributed by atoms with Crippen LogP contribution in [0.1, 0.15) is 0 Å². The zero-order chi connectivity index (χ0) is 14.4. The van der Waals surface area contributed by atoms with Crippen LogP contribution in [0.15, 0.2) is 34.1 Å². The lowest BCUT2D eigenvalue weighted by atomic mass is 10.1. The lowest BCUT2D eigenvalue weighted by Crippen LogP contribution is -2.02. The SMILES string of the molecule is O=S(=O)(O)c1cc(O)c2[c]ccc(S(=O)(=O)O)c2c1. The van der Waals surface area contributed by atoms with Crippen LogP contribution in [0.25, 0.3) is 10.8 Å². The van der Waals surface area contributed by atoms with Crippen LogP contribution >= 0.6 is 0 Å². The Kier molecular flexibility index (Phi) is 3.01. The highest BCUT2D eigenvalue weighted by Gasteiger charge is 2.19. The topological polar surface area (TPSA) is 129 Å². The van der Waals surface area contributed by atoms with Gasteiger partial charge in [0.1, 0.15) is 10.6 Å². The first-order chi connectivity index (χ1) is 8.60. The molecule has 2 aromatic carbocycles. The quantitative estimate of drug-likeness (QED) is 0.701. The lowest BCUT2D eigenvalue weighted by molar-refractivity contribution is 0.470. The molecule has 2 aromatic rings. The molecule has 0 aliphatic carbocycles. The lowest BCUT2D eigenvalue weighted by Gasteiger charge is -2.07. The van der Waals surface area contributed by atoms with Crippen LogP contribution in [0.5, 0.6) is 5.75 Å². The second-order valence-corrected chi connectivity index (χ2v) is 6.47. The van der Waals surface area contributed by atoms with Crippen molar-refractivity contribution >= 4 is 31.0 Å². The van der Waals surface area contributed by atoms with Gasteiger partial charge in [-0.2, -0.15) is 16.8 Å². The summed E-state index contributed by atoms with van der Waals surface area (Å²) in [6.45, 7) is 0. The minimum atomic E-state index is -4.63. The third kappa shape index (κ3) is 2.54. The van der Waals surface area contributed by atoms with Crippen molar-refractivity contribution < 1.29 is 31.0 Å². The average molecular weight is 303 g/mol. The molecule has 0 saturated carbocycles. The van der Waals surface area contributed by atoms with Crippen molar-refractivity contribution in [2.45, 2.75) is 9.79 Å². The Morgan fingerprint density at radius 2 is 1.63 bits per heavy atom. The molecule has 0 atom stereocenters. The molecule has 0 spiro atoms. The van der Waals surface area contributed by atoms with E-state index in [2.05, 4.69) is 6.07 Å². The van der Waals surface area contributed by atoms with E-state index in [-0.39, 0.29) is 10.8 Å². The van der Waals surface area contributed by atoms with Crippen LogP contribution in [0.3, 0.4) is 0 Å². The number of aromatic hydroxyl groups is 1. The van der Waals surface area contributed by atoms with E-state index in [9.17, 15) is 21.9 Å². The Morgan fingerprint density at radius 3 is 2.16 bits per heavy atom. The fraction of sp³-hybridized carbons (Fsp3) is 0. The van der Waals surface area contributed by atoms with E-state index in [0.29, 0.717) is 0 Å². The van der Waals surface area contributed by atoms with E-state index < -0.39 is 35.8 Å². The Hall–Kier alpha value is -1.68. The standard InChI is InChI=1S/C10H7O7S2/c11-9-5-6(18(12,13)14)4-8-7(9)2-1-3-10(8)19(15,16)17/h1,3-5,11H,(H,12,13,14)(H,15,16,17). The zero-order valence-electron chi connectivity index (χ0n) is 9.10. The van der Waals surface area contributed by atoms with E-state index in [1.54, 1.807) is 0 Å². The van der Waals surface area contributed by atoms with E-state index in [1.807, 2.05) is 0 Å². The number of hydrogen-bond donors (Lipinski definition) is 3. The fourth-order valence-corrected chi connectivity index (χ4v) is 2.82. The number of rotatable bonds is 2. The summed E-state index contributed by atoms with van der Waals surface area (Å²) in [7, 11) is -9.25. The Bertz CT molecular complexity index is 866. The highest BCUT2D eigenvalue weighted by atomic mass is 32.2. The molecular weight excluding hydrogens is 296 g/mol. The van der Waals surface area contributed by atoms with E-state index in [0.717, 1.165) is 24.3 Å². The van der Waals surface area contributed by atoms with Gasteiger partial charge in [0.15, 0.2) is 0 Å². The Balaban J connectivity index is 3.01. The summed E-state index contributed by atoms with van der Waals surface area (Å²) in [6, 6.07) is 6.23. The maximum absolute atomic E-state index is 11.2. The van der Waals surface area contributed by atoms with Crippen LogP contribution in [0.2, 0.25) is 0 Å². The van der Waals surface area contributed by atoms with Crippen LogP contribution < -0.4 is 0 Å². The van der Waals surface area contributed by atoms with Crippen molar-refractivity contribution in [1.82, 2.24) is 0 Å². The van der Waals surface area contributed by atoms with E-state index in [1.165, 1.54) is 0 Å². The van der Waals surface area contributed by atoms with Gasteiger partial charge in [0.05, 0.1) is 4.90 Å². The van der Waals surface area contributed by atoms with Crippen molar-refractivity contribution in [2.75, 3.05) is 0 Å². The number of hydrogen-bond acceptors (Lipinski definition) is 5. The van der Waals surface area contributed by atoms with Gasteiger partial charge < -0.3 is 5.11 Å². The molecule has 101 valence electrons. The molecule has 0 fully saturated rings. The maximum atomic E-state index is 11.2. The molecule has 0 bridgehead atoms. The van der Waals surface area contributed by atoms with Gasteiger partial charge in [0, 0.05) is 16.8 Å². The van der Waals surface area contributed by atoms with Crippen LogP contribution in [0, 0.1) is 6.07 Å². The van der Waals surface area contributed by atoms with E-state index in [4.69, 9.17) is 9.11 Å². The van der Waals surface area contributed by atoms with Gasteiger partial charge in [0.2, 0.25) is 0 Å². The van der Waals surface area contributed by atoms with Crippen LogP contribution in [-0.2, 0) is 20.2 Å². The third-order valence-electron chi connectivity index (χ3n) is 2.39. The van der Waals surface area contributed by atoms with Crippen molar-refractivity contribution in [2.24, 2.45) is 0 Å². The zero-order valence-corrected chi connectivity index (χ0v) is 10.7. The van der Waals surface area contributed by atoms with Crippen LogP contribution in [0.4, 0.5) is 0 Å². The number of phenols is 1. The molecule has 0 saturated heterocycles. The number of benzene rings is 2. The summed E-state index contributed by atoms with van der Waals surface area (Å²) in [6.07, 6.45) is 0. The minimum absolute atomic E-state index is 0.0949. The van der Waals surface area contributed by atoms with Crippen molar-refractivity contribution in [3.8, 4) is 5.75 Å². The van der Waals surface area contributed by atoms with Gasteiger partial charge in [-0.25, -0.2) is 0 Å². The fourth-order valence-electron chi connectivity index (χ4n) is 1.61. The first-order valence-electron chi connectivity index (χ1n) is 4.73. The van der Waals surface area contributed by atoms with Gasteiger partial charge in [0.25, 0.3) is 20.2 Å². The van der Waals surface area contributed by atoms with Gasteiger partial charge in [-0.15, -0.1) is 0 Å². The van der Waals surface area contributed by atoms with Gasteiger partial charge in [-0.1, -0.05) is 6.07 Å². The summed E-state index contributed by atoms with van der Waals surface area (Å²) in [4.78, 5) is -1.29. The normalized spacial score (nSPS) is 12.7. The summed E-state index contributed by atoms with van der Waals surface area (Å²) in [5.74, 6) is -0.587. The molecule has 9 heteroatoms. The predicted molar refractivity (Wildman–Crippen MR) is 64.1 cm³/mol. The second-order valence-electron chi connectivity index (χ2n) is 3.66. The second kappa shape index (κ2) is 4.17. The minimum Gasteiger partial charge on any atom is -0.507 e. The molecular formula is C10H7O7S2. The highest BCUT2D eigenvalue weighted by Crippen LogP contribution is 2.32. The number of fused-ring (bicyclic) bond motifs is 1. The molecule has 3 N–H and O–H groups in total. The molecule has 7 nitrogen and oxygen atoms in total. The van der Waals surface area contributed by atoms with Gasteiger partial charge in [-0.05, 0) is 18.2 Å². The smallest absolute Gasteiger partial charge is 0.295 e. The van der Waals surface area contributed by atoms with Crippen molar-refractivity contribution in [3.05, 3.63) is 30.3 Å². The molecule has 0 aromatic heterocycles. The highest BCUT2D eigenvalue weighted by molar-refractivity contribution is 7.86. The van der Waals surface area contributed by atoms with Crippen molar-refractivity contribution in [3.63, 3.8) is 0 Å². The molecule has 0 heterocycles. The predicted octanol–water partition coefficient (Wildman–Crippen LogP) is 0.839. The van der Waals surface area contributed by atoms with Gasteiger partial charge in [-0.3, -0.25) is 9.11 Å². The van der Waals surface area contributed by atoms with Crippen LogP contribution in [-0.4, -0.2) is 31.0 Å². The first kappa shape index (κ1) is 13.7. The van der Waals surface area contributed by atoms with Gasteiger partial charge >= 0.3 is 0 Å². The molecule has 19 heavy (non-hydrogen) atoms. The Morgan fingerprint density at radius 1 is 1.00 bits per heavy atom. The monoisotopic (exact) mass is 303 g/mol. The molecule has 0 unspecified atom stereocenters. The third-order valence-corrected chi connectivity index (χ3v) is 4.14. The summed E-state index contributed by atoms with van der Waals surface area (Å²) >= 11 is 0. The largest absolute Gasteiger partial charge is 0.507 e. The maximum Gasteiger partial charge on any atom is 0.295 e. The summed E-state index contributed by atoms with van der Waals surface area (Å²) < 4.78 is 62.3. The first-order valence-corrected chi connectivity index (χ1v) is 7.61. The summed E-state index contributed by atoms with van der Waals surface area (Å²) in [5, 5.41) is 9.26. The summed E-state index contributed by atoms with van der Waals surface area (Å²) in [5.41, 5.74) is 0. The molecule has 0 aliphatic rings.